The average molecular weight is 452 g/mol. The normalized spacial score (nSPS) is 14.9. The van der Waals surface area contributed by atoms with Gasteiger partial charge in [0.05, 0.1) is 5.69 Å². The maximum Gasteiger partial charge on any atom is 0.408 e. The largest absolute Gasteiger partial charge is 0.408 e. The van der Waals surface area contributed by atoms with E-state index in [1.54, 1.807) is 22.9 Å². The Morgan fingerprint density at radius 1 is 1.09 bits per heavy atom. The molecule has 10 heteroatoms. The predicted molar refractivity (Wildman–Crippen MR) is 114 cm³/mol. The van der Waals surface area contributed by atoms with Crippen molar-refractivity contribution in [1.29, 1.82) is 0 Å². The van der Waals surface area contributed by atoms with Crippen molar-refractivity contribution < 1.29 is 18.0 Å². The van der Waals surface area contributed by atoms with Gasteiger partial charge in [-0.05, 0) is 43.9 Å². The van der Waals surface area contributed by atoms with Crippen LogP contribution in [0.2, 0.25) is 0 Å². The molecule has 3 heterocycles. The van der Waals surface area contributed by atoms with Crippen molar-refractivity contribution in [3.63, 3.8) is 0 Å². The van der Waals surface area contributed by atoms with E-state index in [0.29, 0.717) is 24.4 Å². The van der Waals surface area contributed by atoms with E-state index in [4.69, 9.17) is 0 Å². The number of aromatic nitrogens is 5. The third kappa shape index (κ3) is 4.15. The number of imidazole rings is 1. The van der Waals surface area contributed by atoms with E-state index in [1.807, 2.05) is 37.3 Å². The first-order valence-corrected chi connectivity index (χ1v) is 10.4. The summed E-state index contributed by atoms with van der Waals surface area (Å²) in [4.78, 5) is 29.9. The Morgan fingerprint density at radius 3 is 2.52 bits per heavy atom. The molecule has 1 aliphatic carbocycles. The van der Waals surface area contributed by atoms with Crippen LogP contribution in [0.25, 0.3) is 28.3 Å². The third-order valence-electron chi connectivity index (χ3n) is 5.62. The maximum atomic E-state index is 13.4. The molecule has 33 heavy (non-hydrogen) atoms. The lowest BCUT2D eigenvalue weighted by Crippen LogP contribution is -2.47. The first-order chi connectivity index (χ1) is 15.8. The molecule has 0 spiro atoms. The number of alkyl halides is 3. The molecule has 0 saturated heterocycles. The molecular weight excluding hydrogens is 433 g/mol. The second-order valence-electron chi connectivity index (χ2n) is 8.05. The molecule has 3 aromatic heterocycles. The molecule has 1 unspecified atom stereocenters. The summed E-state index contributed by atoms with van der Waals surface area (Å²) in [6.45, 7) is 1.81. The highest BCUT2D eigenvalue weighted by Gasteiger charge is 2.50. The van der Waals surface area contributed by atoms with Gasteiger partial charge in [-0.15, -0.1) is 0 Å². The standard InChI is InChI=1S/C23H19F3N6O/c1-13-10-17(15-4-2-5-16(11-15)20-27-8-3-9-28-20)30-21-18(29-12-32(13)21)22(33)31-19(14-6-7-14)23(24,25)26/h2-5,8-12,14,19H,6-7H2,1H3,(H,31,33). The van der Waals surface area contributed by atoms with Gasteiger partial charge in [0.15, 0.2) is 17.2 Å². The molecular formula is C23H19F3N6O. The molecule has 1 aromatic carbocycles. The Morgan fingerprint density at radius 2 is 1.82 bits per heavy atom. The van der Waals surface area contributed by atoms with Crippen LogP contribution in [0, 0.1) is 12.8 Å². The fourth-order valence-electron chi connectivity index (χ4n) is 3.80. The Hall–Kier alpha value is -3.82. The summed E-state index contributed by atoms with van der Waals surface area (Å²) in [5.74, 6) is -0.918. The fourth-order valence-corrected chi connectivity index (χ4v) is 3.80. The van der Waals surface area contributed by atoms with Gasteiger partial charge in [0.2, 0.25) is 0 Å². The van der Waals surface area contributed by atoms with Gasteiger partial charge < -0.3 is 5.32 Å². The van der Waals surface area contributed by atoms with Gasteiger partial charge in [0.25, 0.3) is 5.91 Å². The molecule has 168 valence electrons. The number of rotatable bonds is 5. The maximum absolute atomic E-state index is 13.4. The van der Waals surface area contributed by atoms with Crippen LogP contribution in [0.4, 0.5) is 13.2 Å². The molecule has 1 N–H and O–H groups in total. The monoisotopic (exact) mass is 452 g/mol. The van der Waals surface area contributed by atoms with Crippen molar-refractivity contribution >= 4 is 11.6 Å². The topological polar surface area (TPSA) is 85.1 Å². The fraction of sp³-hybridized carbons (Fsp3) is 0.261. The lowest BCUT2D eigenvalue weighted by atomic mass is 10.1. The number of fused-ring (bicyclic) bond motifs is 1. The van der Waals surface area contributed by atoms with E-state index in [1.165, 1.54) is 6.33 Å². The van der Waals surface area contributed by atoms with Crippen molar-refractivity contribution in [2.45, 2.75) is 32.0 Å². The van der Waals surface area contributed by atoms with Crippen LogP contribution in [0.15, 0.2) is 55.1 Å². The summed E-state index contributed by atoms with van der Waals surface area (Å²) < 4.78 is 41.7. The number of carbonyl (C=O) groups excluding carboxylic acids is 1. The van der Waals surface area contributed by atoms with Crippen LogP contribution >= 0.6 is 0 Å². The number of nitrogens with one attached hydrogen (secondary N) is 1. The minimum absolute atomic E-state index is 0.141. The van der Waals surface area contributed by atoms with Gasteiger partial charge in [0, 0.05) is 29.2 Å². The van der Waals surface area contributed by atoms with E-state index >= 15 is 0 Å². The highest BCUT2D eigenvalue weighted by atomic mass is 19.4. The van der Waals surface area contributed by atoms with Crippen molar-refractivity contribution in [3.05, 3.63) is 66.5 Å². The summed E-state index contributed by atoms with van der Waals surface area (Å²) in [5.41, 5.74) is 2.89. The van der Waals surface area contributed by atoms with Gasteiger partial charge in [-0.3, -0.25) is 9.20 Å². The molecule has 4 aromatic rings. The number of hydrogen-bond acceptors (Lipinski definition) is 5. The third-order valence-corrected chi connectivity index (χ3v) is 5.62. The van der Waals surface area contributed by atoms with Gasteiger partial charge >= 0.3 is 6.18 Å². The SMILES string of the molecule is Cc1cc(-c2cccc(-c3ncccn3)c2)nc2c(C(=O)NC(C3CC3)C(F)(F)F)ncn12. The molecule has 7 nitrogen and oxygen atoms in total. The first-order valence-electron chi connectivity index (χ1n) is 10.4. The lowest BCUT2D eigenvalue weighted by molar-refractivity contribution is -0.158. The highest BCUT2D eigenvalue weighted by Crippen LogP contribution is 2.40. The van der Waals surface area contributed by atoms with Gasteiger partial charge in [0.1, 0.15) is 12.4 Å². The quantitative estimate of drug-likeness (QED) is 0.490. The lowest BCUT2D eigenvalue weighted by Gasteiger charge is -2.20. The Kier molecular flexibility index (Phi) is 5.07. The second-order valence-corrected chi connectivity index (χ2v) is 8.05. The predicted octanol–water partition coefficient (Wildman–Crippen LogP) is 4.23. The number of benzene rings is 1. The molecule has 0 bridgehead atoms. The van der Waals surface area contributed by atoms with Crippen molar-refractivity contribution in [3.8, 4) is 22.6 Å². The van der Waals surface area contributed by atoms with Crippen LogP contribution in [-0.2, 0) is 0 Å². The summed E-state index contributed by atoms with van der Waals surface area (Å²) in [7, 11) is 0. The Balaban J connectivity index is 1.52. The Bertz CT molecular complexity index is 1330. The van der Waals surface area contributed by atoms with E-state index < -0.39 is 24.0 Å². The molecule has 0 aliphatic heterocycles. The minimum atomic E-state index is -4.51. The molecule has 1 aliphatic rings. The van der Waals surface area contributed by atoms with E-state index in [0.717, 1.165) is 16.8 Å². The zero-order valence-corrected chi connectivity index (χ0v) is 17.5. The molecule has 1 amide bonds. The summed E-state index contributed by atoms with van der Waals surface area (Å²) >= 11 is 0. The highest BCUT2D eigenvalue weighted by molar-refractivity contribution is 5.98. The number of halogens is 3. The minimum Gasteiger partial charge on any atom is -0.339 e. The average Bonchev–Trinajstić information content (AvgIpc) is 3.54. The van der Waals surface area contributed by atoms with E-state index in [2.05, 4.69) is 25.3 Å². The molecule has 0 radical (unpaired) electrons. The summed E-state index contributed by atoms with van der Waals surface area (Å²) in [5, 5.41) is 2.13. The summed E-state index contributed by atoms with van der Waals surface area (Å²) in [6.07, 6.45) is 1.06. The number of nitrogens with zero attached hydrogens (tertiary/aromatic N) is 5. The smallest absolute Gasteiger partial charge is 0.339 e. The number of carbonyl (C=O) groups is 1. The molecule has 1 fully saturated rings. The van der Waals surface area contributed by atoms with Crippen LogP contribution in [0.1, 0.15) is 29.0 Å². The number of amides is 1. The Labute approximate surface area is 186 Å². The van der Waals surface area contributed by atoms with E-state index in [-0.39, 0.29) is 11.3 Å². The van der Waals surface area contributed by atoms with Crippen molar-refractivity contribution in [2.75, 3.05) is 0 Å². The number of aryl methyl sites for hydroxylation is 1. The first kappa shape index (κ1) is 21.0. The van der Waals surface area contributed by atoms with Crippen molar-refractivity contribution in [2.24, 2.45) is 5.92 Å². The zero-order valence-electron chi connectivity index (χ0n) is 17.5. The number of hydrogen-bond donors (Lipinski definition) is 1. The second kappa shape index (κ2) is 7.95. The van der Waals surface area contributed by atoms with Crippen LogP contribution < -0.4 is 5.32 Å². The molecule has 5 rings (SSSR count). The van der Waals surface area contributed by atoms with Crippen molar-refractivity contribution in [1.82, 2.24) is 29.7 Å². The van der Waals surface area contributed by atoms with E-state index in [9.17, 15) is 18.0 Å². The van der Waals surface area contributed by atoms with Crippen LogP contribution in [0.5, 0.6) is 0 Å². The summed E-state index contributed by atoms with van der Waals surface area (Å²) in [6, 6.07) is 9.11. The molecule has 1 atom stereocenters. The zero-order chi connectivity index (χ0) is 23.2. The van der Waals surface area contributed by atoms with Crippen LogP contribution in [-0.4, -0.2) is 42.5 Å². The van der Waals surface area contributed by atoms with Crippen LogP contribution in [0.3, 0.4) is 0 Å². The van der Waals surface area contributed by atoms with Gasteiger partial charge in [-0.1, -0.05) is 18.2 Å². The van der Waals surface area contributed by atoms with Gasteiger partial charge in [-0.25, -0.2) is 19.9 Å². The van der Waals surface area contributed by atoms with Gasteiger partial charge in [-0.2, -0.15) is 13.2 Å². The molecule has 1 saturated carbocycles.